The van der Waals surface area contributed by atoms with Gasteiger partial charge in [0.25, 0.3) is 0 Å². The number of alkyl halides is 3. The highest BCUT2D eigenvalue weighted by Gasteiger charge is 2.30. The number of halogens is 3. The third kappa shape index (κ3) is 5.48. The predicted molar refractivity (Wildman–Crippen MR) is 65.0 cm³/mol. The molecular formula is C12H12F3N3O2. The molecular weight excluding hydrogens is 275 g/mol. The number of ether oxygens (including phenoxy) is 1. The van der Waals surface area contributed by atoms with Gasteiger partial charge in [0.1, 0.15) is 11.8 Å². The van der Waals surface area contributed by atoms with Gasteiger partial charge in [-0.05, 0) is 30.7 Å². The van der Waals surface area contributed by atoms with Crippen LogP contribution >= 0.6 is 0 Å². The van der Waals surface area contributed by atoms with Crippen LogP contribution in [0.4, 0.5) is 23.7 Å². The maximum atomic E-state index is 11.9. The quantitative estimate of drug-likeness (QED) is 0.894. The van der Waals surface area contributed by atoms with Gasteiger partial charge in [0, 0.05) is 5.69 Å². The highest BCUT2D eigenvalue weighted by atomic mass is 19.4. The summed E-state index contributed by atoms with van der Waals surface area (Å²) in [4.78, 5) is 11.5. The summed E-state index contributed by atoms with van der Waals surface area (Å²) >= 11 is 0. The van der Waals surface area contributed by atoms with E-state index in [2.05, 4.69) is 15.4 Å². The van der Waals surface area contributed by atoms with Gasteiger partial charge in [-0.15, -0.1) is 13.2 Å². The Morgan fingerprint density at radius 3 is 2.45 bits per heavy atom. The first-order valence-electron chi connectivity index (χ1n) is 5.67. The highest BCUT2D eigenvalue weighted by molar-refractivity contribution is 5.89. The fourth-order valence-electron chi connectivity index (χ4n) is 1.29. The molecule has 0 radical (unpaired) electrons. The van der Waals surface area contributed by atoms with E-state index in [-0.39, 0.29) is 11.4 Å². The highest BCUT2D eigenvalue weighted by Crippen LogP contribution is 2.23. The molecule has 2 amide bonds. The van der Waals surface area contributed by atoms with Gasteiger partial charge in [0.15, 0.2) is 0 Å². The fraction of sp³-hybridized carbons (Fsp3) is 0.333. The minimum absolute atomic E-state index is 0.282. The number of rotatable bonds is 4. The van der Waals surface area contributed by atoms with E-state index in [4.69, 9.17) is 5.26 Å². The molecule has 0 saturated heterocycles. The Morgan fingerprint density at radius 1 is 1.40 bits per heavy atom. The number of urea groups is 1. The molecule has 0 saturated carbocycles. The van der Waals surface area contributed by atoms with Crippen molar-refractivity contribution in [3.8, 4) is 11.8 Å². The van der Waals surface area contributed by atoms with E-state index < -0.39 is 18.4 Å². The topological polar surface area (TPSA) is 74.2 Å². The molecule has 0 aliphatic heterocycles. The molecule has 108 valence electrons. The number of nitriles is 1. The zero-order chi connectivity index (χ0) is 15.2. The normalized spacial score (nSPS) is 12.2. The standard InChI is InChI=1S/C12H12F3N3O2/c1-2-8(7-16)17-11(19)18-9-3-5-10(6-4-9)20-12(13,14)15/h3-6,8H,2H2,1H3,(H2,17,18,19). The molecule has 8 heteroatoms. The number of hydrogen-bond acceptors (Lipinski definition) is 3. The van der Waals surface area contributed by atoms with Crippen molar-refractivity contribution in [2.75, 3.05) is 5.32 Å². The first-order valence-corrected chi connectivity index (χ1v) is 5.67. The number of carbonyl (C=O) groups is 1. The molecule has 5 nitrogen and oxygen atoms in total. The minimum atomic E-state index is -4.76. The number of hydrogen-bond donors (Lipinski definition) is 2. The predicted octanol–water partition coefficient (Wildman–Crippen LogP) is 3.01. The second kappa shape index (κ2) is 6.65. The first-order chi connectivity index (χ1) is 9.34. The maximum Gasteiger partial charge on any atom is 0.573 e. The molecule has 1 unspecified atom stereocenters. The average molecular weight is 287 g/mol. The molecule has 0 spiro atoms. The van der Waals surface area contributed by atoms with Crippen LogP contribution in [0, 0.1) is 11.3 Å². The maximum absolute atomic E-state index is 11.9. The lowest BCUT2D eigenvalue weighted by atomic mass is 10.2. The molecule has 0 aromatic heterocycles. The minimum Gasteiger partial charge on any atom is -0.406 e. The molecule has 1 aromatic carbocycles. The first kappa shape index (κ1) is 15.6. The number of nitrogens with one attached hydrogen (secondary N) is 2. The van der Waals surface area contributed by atoms with Crippen LogP contribution in [-0.4, -0.2) is 18.4 Å². The van der Waals surface area contributed by atoms with Gasteiger partial charge >= 0.3 is 12.4 Å². The molecule has 0 aliphatic rings. The van der Waals surface area contributed by atoms with Crippen molar-refractivity contribution in [3.05, 3.63) is 24.3 Å². The number of carbonyl (C=O) groups excluding carboxylic acids is 1. The molecule has 2 N–H and O–H groups in total. The third-order valence-electron chi connectivity index (χ3n) is 2.22. The summed E-state index contributed by atoms with van der Waals surface area (Å²) in [6.45, 7) is 1.73. The van der Waals surface area contributed by atoms with Gasteiger partial charge < -0.3 is 15.4 Å². The lowest BCUT2D eigenvalue weighted by Gasteiger charge is -2.12. The lowest BCUT2D eigenvalue weighted by Crippen LogP contribution is -2.36. The lowest BCUT2D eigenvalue weighted by molar-refractivity contribution is -0.274. The molecule has 0 fully saturated rings. The van der Waals surface area contributed by atoms with Crippen LogP contribution in [0.2, 0.25) is 0 Å². The Morgan fingerprint density at radius 2 is 2.00 bits per heavy atom. The van der Waals surface area contributed by atoms with E-state index in [1.807, 2.05) is 6.07 Å². The smallest absolute Gasteiger partial charge is 0.406 e. The molecule has 1 rings (SSSR count). The van der Waals surface area contributed by atoms with Gasteiger partial charge in [-0.1, -0.05) is 6.92 Å². The summed E-state index contributed by atoms with van der Waals surface area (Å²) in [6, 6.07) is 5.32. The van der Waals surface area contributed by atoms with E-state index in [0.29, 0.717) is 6.42 Å². The Bertz CT molecular complexity index is 494. The van der Waals surface area contributed by atoms with Crippen molar-refractivity contribution in [1.29, 1.82) is 5.26 Å². The average Bonchev–Trinajstić information content (AvgIpc) is 2.36. The summed E-state index contributed by atoms with van der Waals surface area (Å²) < 4.78 is 39.5. The van der Waals surface area contributed by atoms with Crippen LogP contribution in [-0.2, 0) is 0 Å². The van der Waals surface area contributed by atoms with E-state index in [0.717, 1.165) is 12.1 Å². The van der Waals surface area contributed by atoms with Crippen LogP contribution in [0.15, 0.2) is 24.3 Å². The van der Waals surface area contributed by atoms with Gasteiger partial charge in [0.05, 0.1) is 6.07 Å². The van der Waals surface area contributed by atoms with Gasteiger partial charge in [-0.2, -0.15) is 5.26 Å². The third-order valence-corrected chi connectivity index (χ3v) is 2.22. The van der Waals surface area contributed by atoms with Crippen molar-refractivity contribution >= 4 is 11.7 Å². The van der Waals surface area contributed by atoms with Crippen LogP contribution in [0.1, 0.15) is 13.3 Å². The van der Waals surface area contributed by atoms with Crippen molar-refractivity contribution in [1.82, 2.24) is 5.32 Å². The molecule has 0 bridgehead atoms. The SMILES string of the molecule is CCC(C#N)NC(=O)Nc1ccc(OC(F)(F)F)cc1. The molecule has 1 atom stereocenters. The zero-order valence-corrected chi connectivity index (χ0v) is 10.5. The second-order valence-electron chi connectivity index (χ2n) is 3.76. The van der Waals surface area contributed by atoms with Crippen molar-refractivity contribution in [3.63, 3.8) is 0 Å². The Kier molecular flexibility index (Phi) is 5.20. The zero-order valence-electron chi connectivity index (χ0n) is 10.5. The van der Waals surface area contributed by atoms with Crippen LogP contribution in [0.3, 0.4) is 0 Å². The summed E-state index contributed by atoms with van der Waals surface area (Å²) in [6.07, 6.45) is -4.31. The second-order valence-corrected chi connectivity index (χ2v) is 3.76. The van der Waals surface area contributed by atoms with E-state index in [1.54, 1.807) is 6.92 Å². The summed E-state index contributed by atoms with van der Waals surface area (Å²) in [5.74, 6) is -0.382. The number of anilines is 1. The van der Waals surface area contributed by atoms with Crippen molar-refractivity contribution in [2.45, 2.75) is 25.7 Å². The molecule has 0 heterocycles. The molecule has 20 heavy (non-hydrogen) atoms. The largest absolute Gasteiger partial charge is 0.573 e. The Hall–Kier alpha value is -2.43. The summed E-state index contributed by atoms with van der Waals surface area (Å²) in [5, 5.41) is 13.5. The Balaban J connectivity index is 2.57. The number of amides is 2. The van der Waals surface area contributed by atoms with E-state index in [9.17, 15) is 18.0 Å². The number of benzene rings is 1. The summed E-state index contributed by atoms with van der Waals surface area (Å²) in [7, 11) is 0. The van der Waals surface area contributed by atoms with Crippen molar-refractivity contribution < 1.29 is 22.7 Å². The summed E-state index contributed by atoms with van der Waals surface area (Å²) in [5.41, 5.74) is 0.282. The van der Waals surface area contributed by atoms with Crippen LogP contribution in [0.25, 0.3) is 0 Å². The van der Waals surface area contributed by atoms with Gasteiger partial charge in [-0.3, -0.25) is 0 Å². The monoisotopic (exact) mass is 287 g/mol. The molecule has 1 aromatic rings. The van der Waals surface area contributed by atoms with E-state index >= 15 is 0 Å². The Labute approximate surface area is 113 Å². The van der Waals surface area contributed by atoms with Gasteiger partial charge in [0.2, 0.25) is 0 Å². The van der Waals surface area contributed by atoms with Crippen molar-refractivity contribution in [2.24, 2.45) is 0 Å². The fourth-order valence-corrected chi connectivity index (χ4v) is 1.29. The van der Waals surface area contributed by atoms with Gasteiger partial charge in [-0.25, -0.2) is 4.79 Å². The van der Waals surface area contributed by atoms with E-state index in [1.165, 1.54) is 12.1 Å². The van der Waals surface area contributed by atoms with Crippen LogP contribution < -0.4 is 15.4 Å². The van der Waals surface area contributed by atoms with Crippen LogP contribution in [0.5, 0.6) is 5.75 Å². The molecule has 0 aliphatic carbocycles. The number of nitrogens with zero attached hydrogens (tertiary/aromatic N) is 1.